The fraction of sp³-hybridized carbons (Fsp3) is 0.643. The molecule has 0 fully saturated rings. The van der Waals surface area contributed by atoms with E-state index >= 15 is 0 Å². The molecule has 1 N–H and O–H groups in total. The Morgan fingerprint density at radius 1 is 1.18 bits per heavy atom. The molecule has 8 nitrogen and oxygen atoms in total. The number of aliphatic hydroxyl groups excluding tert-OH is 1. The van der Waals surface area contributed by atoms with Crippen molar-refractivity contribution in [3.8, 4) is 0 Å². The fourth-order valence-electron chi connectivity index (χ4n) is 2.62. The predicted molar refractivity (Wildman–Crippen MR) is 83.8 cm³/mol. The first-order valence-electron chi connectivity index (χ1n) is 7.32. The van der Waals surface area contributed by atoms with Crippen LogP contribution in [0.1, 0.15) is 6.42 Å². The lowest BCUT2D eigenvalue weighted by molar-refractivity contribution is -0.890. The summed E-state index contributed by atoms with van der Waals surface area (Å²) in [7, 11) is 7.21. The minimum atomic E-state index is -0.372. The van der Waals surface area contributed by atoms with E-state index in [2.05, 4.69) is 19.1 Å². The number of imidazole rings is 1. The molecule has 122 valence electrons. The van der Waals surface area contributed by atoms with Gasteiger partial charge in [-0.05, 0) is 0 Å². The number of hydrogen-bond acceptors (Lipinski definition) is 4. The Bertz CT molecular complexity index is 784. The number of hydrogen-bond donors (Lipinski definition) is 1. The molecular weight excluding hydrogens is 286 g/mol. The van der Waals surface area contributed by atoms with Crippen LogP contribution in [0.4, 0.5) is 0 Å². The van der Waals surface area contributed by atoms with Gasteiger partial charge in [0.05, 0.1) is 33.6 Å². The zero-order valence-electron chi connectivity index (χ0n) is 13.6. The van der Waals surface area contributed by atoms with Crippen LogP contribution in [0.15, 0.2) is 15.9 Å². The molecular formula is C14H24N5O3+. The molecule has 0 saturated heterocycles. The lowest BCUT2D eigenvalue weighted by atomic mass is 10.3. The van der Waals surface area contributed by atoms with Gasteiger partial charge in [-0.2, -0.15) is 0 Å². The molecule has 0 bridgehead atoms. The monoisotopic (exact) mass is 310 g/mol. The predicted octanol–water partition coefficient (Wildman–Crippen LogP) is -1.11. The van der Waals surface area contributed by atoms with Crippen molar-refractivity contribution in [3.63, 3.8) is 0 Å². The summed E-state index contributed by atoms with van der Waals surface area (Å²) in [5, 5.41) is 9.04. The smallest absolute Gasteiger partial charge is 0.332 e. The van der Waals surface area contributed by atoms with E-state index < -0.39 is 0 Å². The van der Waals surface area contributed by atoms with Crippen LogP contribution in [0.5, 0.6) is 0 Å². The summed E-state index contributed by atoms with van der Waals surface area (Å²) in [5.74, 6) is 0. The van der Waals surface area contributed by atoms with E-state index in [1.165, 1.54) is 11.6 Å². The first-order valence-corrected chi connectivity index (χ1v) is 7.32. The highest BCUT2D eigenvalue weighted by atomic mass is 16.3. The van der Waals surface area contributed by atoms with Gasteiger partial charge in [0.2, 0.25) is 0 Å². The van der Waals surface area contributed by atoms with Gasteiger partial charge in [0.25, 0.3) is 5.56 Å². The first kappa shape index (κ1) is 16.4. The minimum Gasteiger partial charge on any atom is -0.391 e. The Hall–Kier alpha value is -1.93. The highest BCUT2D eigenvalue weighted by molar-refractivity contribution is 5.69. The van der Waals surface area contributed by atoms with Gasteiger partial charge in [-0.15, -0.1) is 0 Å². The van der Waals surface area contributed by atoms with Gasteiger partial charge < -0.3 is 14.2 Å². The van der Waals surface area contributed by atoms with Crippen molar-refractivity contribution in [2.24, 2.45) is 14.1 Å². The molecule has 0 amide bonds. The third kappa shape index (κ3) is 2.97. The highest BCUT2D eigenvalue weighted by Crippen LogP contribution is 2.07. The molecule has 2 rings (SSSR count). The van der Waals surface area contributed by atoms with Gasteiger partial charge in [-0.3, -0.25) is 13.9 Å². The maximum Gasteiger partial charge on any atom is 0.332 e. The van der Waals surface area contributed by atoms with Crippen LogP contribution < -0.4 is 11.2 Å². The average molecular weight is 310 g/mol. The molecule has 0 saturated carbocycles. The molecule has 0 radical (unpaired) electrons. The van der Waals surface area contributed by atoms with Gasteiger partial charge in [0.1, 0.15) is 6.54 Å². The number of quaternary nitrogens is 1. The summed E-state index contributed by atoms with van der Waals surface area (Å²) in [4.78, 5) is 28.4. The Kier molecular flexibility index (Phi) is 4.52. The summed E-state index contributed by atoms with van der Waals surface area (Å²) >= 11 is 0. The van der Waals surface area contributed by atoms with E-state index in [1.54, 1.807) is 17.9 Å². The van der Waals surface area contributed by atoms with Gasteiger partial charge in [0, 0.05) is 27.1 Å². The van der Waals surface area contributed by atoms with E-state index in [-0.39, 0.29) is 17.9 Å². The van der Waals surface area contributed by atoms with Crippen LogP contribution >= 0.6 is 0 Å². The molecule has 0 aliphatic rings. The molecule has 0 aliphatic heterocycles. The summed E-state index contributed by atoms with van der Waals surface area (Å²) in [5.41, 5.74) is 0.178. The molecule has 22 heavy (non-hydrogen) atoms. The van der Waals surface area contributed by atoms with Gasteiger partial charge in [-0.1, -0.05) is 0 Å². The van der Waals surface area contributed by atoms with Crippen molar-refractivity contribution in [2.75, 3.05) is 33.8 Å². The quantitative estimate of drug-likeness (QED) is 0.686. The number of nitrogens with zero attached hydrogens (tertiary/aromatic N) is 5. The normalized spacial score (nSPS) is 12.2. The zero-order chi connectivity index (χ0) is 16.5. The second-order valence-corrected chi connectivity index (χ2v) is 6.28. The van der Waals surface area contributed by atoms with E-state index in [0.29, 0.717) is 24.3 Å². The molecule has 0 atom stereocenters. The van der Waals surface area contributed by atoms with E-state index in [1.807, 2.05) is 0 Å². The van der Waals surface area contributed by atoms with E-state index in [9.17, 15) is 9.59 Å². The van der Waals surface area contributed by atoms with Gasteiger partial charge in [-0.25, -0.2) is 9.78 Å². The van der Waals surface area contributed by atoms with Crippen molar-refractivity contribution in [1.82, 2.24) is 18.7 Å². The lowest BCUT2D eigenvalue weighted by Gasteiger charge is -2.28. The molecule has 0 unspecified atom stereocenters. The van der Waals surface area contributed by atoms with Crippen molar-refractivity contribution in [1.29, 1.82) is 0 Å². The average Bonchev–Trinajstić information content (AvgIpc) is 2.86. The van der Waals surface area contributed by atoms with Crippen LogP contribution in [0.2, 0.25) is 0 Å². The highest BCUT2D eigenvalue weighted by Gasteiger charge is 2.16. The van der Waals surface area contributed by atoms with Crippen LogP contribution in [-0.4, -0.2) is 62.1 Å². The van der Waals surface area contributed by atoms with Crippen molar-refractivity contribution in [2.45, 2.75) is 13.0 Å². The van der Waals surface area contributed by atoms with Gasteiger partial charge >= 0.3 is 5.69 Å². The Morgan fingerprint density at radius 2 is 1.86 bits per heavy atom. The standard InChI is InChI=1S/C14H24N5O3/c1-16-12-11(13(21)17(2)14(16)22)18(10-15-12)6-5-7-19(3,4)8-9-20/h10,20H,5-9H2,1-4H3/q+1. The second kappa shape index (κ2) is 6.05. The van der Waals surface area contributed by atoms with E-state index in [4.69, 9.17) is 5.11 Å². The summed E-state index contributed by atoms with van der Waals surface area (Å²) < 4.78 is 5.01. The molecule has 2 aromatic rings. The van der Waals surface area contributed by atoms with Crippen LogP contribution in [0.25, 0.3) is 11.2 Å². The largest absolute Gasteiger partial charge is 0.391 e. The minimum absolute atomic E-state index is 0.156. The molecule has 0 spiro atoms. The van der Waals surface area contributed by atoms with Crippen molar-refractivity contribution >= 4 is 11.2 Å². The number of aliphatic hydroxyl groups is 1. The van der Waals surface area contributed by atoms with Crippen LogP contribution in [0, 0.1) is 0 Å². The van der Waals surface area contributed by atoms with Crippen molar-refractivity contribution in [3.05, 3.63) is 27.2 Å². The summed E-state index contributed by atoms with van der Waals surface area (Å²) in [6.07, 6.45) is 2.46. The molecule has 0 aliphatic carbocycles. The van der Waals surface area contributed by atoms with Crippen molar-refractivity contribution < 1.29 is 9.59 Å². The molecule has 8 heteroatoms. The Morgan fingerprint density at radius 3 is 2.50 bits per heavy atom. The first-order chi connectivity index (χ1) is 10.3. The number of likely N-dealkylation sites (N-methyl/N-ethyl adjacent to an activating group) is 1. The number of aromatic nitrogens is 4. The van der Waals surface area contributed by atoms with Crippen LogP contribution in [-0.2, 0) is 20.6 Å². The number of aryl methyl sites for hydroxylation is 2. The lowest BCUT2D eigenvalue weighted by Crippen LogP contribution is -2.43. The number of rotatable bonds is 6. The maximum atomic E-state index is 12.3. The Labute approximate surface area is 128 Å². The molecule has 2 aromatic heterocycles. The number of fused-ring (bicyclic) bond motifs is 1. The maximum absolute atomic E-state index is 12.3. The third-order valence-corrected chi connectivity index (χ3v) is 4.08. The summed E-state index contributed by atoms with van der Waals surface area (Å²) in [6.45, 7) is 2.38. The van der Waals surface area contributed by atoms with Gasteiger partial charge in [0.15, 0.2) is 11.2 Å². The SMILES string of the molecule is Cn1c(=O)c2c(ncn2CCC[N+](C)(C)CCO)n(C)c1=O. The zero-order valence-corrected chi connectivity index (χ0v) is 13.6. The van der Waals surface area contributed by atoms with Crippen LogP contribution in [0.3, 0.4) is 0 Å². The topological polar surface area (TPSA) is 82.0 Å². The molecule has 0 aromatic carbocycles. The fourth-order valence-corrected chi connectivity index (χ4v) is 2.62. The molecule has 2 heterocycles. The summed E-state index contributed by atoms with van der Waals surface area (Å²) in [6, 6.07) is 0. The third-order valence-electron chi connectivity index (χ3n) is 4.08. The Balaban J connectivity index is 2.27. The second-order valence-electron chi connectivity index (χ2n) is 6.28. The van der Waals surface area contributed by atoms with E-state index in [0.717, 1.165) is 22.0 Å².